The lowest BCUT2D eigenvalue weighted by Crippen LogP contribution is -2.04. The Morgan fingerprint density at radius 1 is 0.944 bits per heavy atom. The number of phenolic OH excluding ortho intramolecular Hbond substituents is 1. The van der Waals surface area contributed by atoms with Gasteiger partial charge in [0.2, 0.25) is 0 Å². The van der Waals surface area contributed by atoms with Crippen LogP contribution < -0.4 is 0 Å². The minimum Gasteiger partial charge on any atom is -0.506 e. The van der Waals surface area contributed by atoms with Gasteiger partial charge in [-0.05, 0) is 35.4 Å². The Hall–Kier alpha value is -1.68. The highest BCUT2D eigenvalue weighted by Crippen LogP contribution is 2.34. The molecule has 18 heavy (non-hydrogen) atoms. The summed E-state index contributed by atoms with van der Waals surface area (Å²) < 4.78 is 37.7. The van der Waals surface area contributed by atoms with Crippen LogP contribution in [0.4, 0.5) is 13.2 Å². The van der Waals surface area contributed by atoms with Gasteiger partial charge in [0, 0.05) is 0 Å². The monoisotopic (exact) mass is 272 g/mol. The predicted molar refractivity (Wildman–Crippen MR) is 63.6 cm³/mol. The molecule has 2 aromatic rings. The lowest BCUT2D eigenvalue weighted by molar-refractivity contribution is -0.137. The van der Waals surface area contributed by atoms with E-state index >= 15 is 0 Å². The van der Waals surface area contributed by atoms with Crippen molar-refractivity contribution in [1.82, 2.24) is 0 Å². The topological polar surface area (TPSA) is 20.2 Å². The number of aromatic hydroxyl groups is 1. The maximum absolute atomic E-state index is 12.6. The second kappa shape index (κ2) is 4.53. The highest BCUT2D eigenvalue weighted by Gasteiger charge is 2.30. The molecular formula is C13H8ClF3O. The molecule has 5 heteroatoms. The van der Waals surface area contributed by atoms with Crippen molar-refractivity contribution in [3.63, 3.8) is 0 Å². The van der Waals surface area contributed by atoms with Gasteiger partial charge >= 0.3 is 6.18 Å². The number of hydrogen-bond acceptors (Lipinski definition) is 1. The molecule has 2 aromatic carbocycles. The van der Waals surface area contributed by atoms with Gasteiger partial charge in [-0.2, -0.15) is 13.2 Å². The normalized spacial score (nSPS) is 11.6. The molecule has 0 aromatic heterocycles. The van der Waals surface area contributed by atoms with Gasteiger partial charge in [0.25, 0.3) is 0 Å². The lowest BCUT2D eigenvalue weighted by Gasteiger charge is -2.09. The van der Waals surface area contributed by atoms with Crippen LogP contribution in [0.1, 0.15) is 5.56 Å². The molecule has 94 valence electrons. The van der Waals surface area contributed by atoms with Crippen LogP contribution >= 0.6 is 11.6 Å². The van der Waals surface area contributed by atoms with E-state index in [-0.39, 0.29) is 10.8 Å². The van der Waals surface area contributed by atoms with Gasteiger partial charge in [-0.1, -0.05) is 29.8 Å². The maximum Gasteiger partial charge on any atom is 0.416 e. The van der Waals surface area contributed by atoms with Gasteiger partial charge in [0.1, 0.15) is 5.75 Å². The summed E-state index contributed by atoms with van der Waals surface area (Å²) in [6.07, 6.45) is -4.38. The predicted octanol–water partition coefficient (Wildman–Crippen LogP) is 4.73. The summed E-state index contributed by atoms with van der Waals surface area (Å²) in [6, 6.07) is 9.21. The first-order chi connectivity index (χ1) is 8.38. The van der Waals surface area contributed by atoms with Crippen molar-refractivity contribution in [3.05, 3.63) is 53.1 Å². The van der Waals surface area contributed by atoms with E-state index in [9.17, 15) is 18.3 Å². The van der Waals surface area contributed by atoms with E-state index in [0.717, 1.165) is 12.1 Å². The minimum atomic E-state index is -4.38. The second-order valence-electron chi connectivity index (χ2n) is 3.74. The quantitative estimate of drug-likeness (QED) is 0.795. The third kappa shape index (κ3) is 2.59. The standard InChI is InChI=1S/C13H8ClF3O/c14-11-5-4-9(7-12(11)18)8-2-1-3-10(6-8)13(15,16)17/h1-7,18H. The Labute approximate surface area is 106 Å². The molecule has 0 atom stereocenters. The van der Waals surface area contributed by atoms with E-state index in [2.05, 4.69) is 0 Å². The van der Waals surface area contributed by atoms with Crippen molar-refractivity contribution in [2.24, 2.45) is 0 Å². The average molecular weight is 273 g/mol. The largest absolute Gasteiger partial charge is 0.506 e. The summed E-state index contributed by atoms with van der Waals surface area (Å²) in [5.41, 5.74) is 0.120. The summed E-state index contributed by atoms with van der Waals surface area (Å²) >= 11 is 5.64. The smallest absolute Gasteiger partial charge is 0.416 e. The first kappa shape index (κ1) is 12.8. The van der Waals surface area contributed by atoms with Gasteiger partial charge < -0.3 is 5.11 Å². The molecule has 1 nitrogen and oxygen atoms in total. The molecule has 0 aliphatic heterocycles. The van der Waals surface area contributed by atoms with Crippen molar-refractivity contribution in [1.29, 1.82) is 0 Å². The van der Waals surface area contributed by atoms with Crippen LogP contribution in [0.5, 0.6) is 5.75 Å². The summed E-state index contributed by atoms with van der Waals surface area (Å²) in [5.74, 6) is -0.161. The summed E-state index contributed by atoms with van der Waals surface area (Å²) in [6.45, 7) is 0. The number of hydrogen-bond donors (Lipinski definition) is 1. The molecule has 0 saturated carbocycles. The first-order valence-electron chi connectivity index (χ1n) is 5.04. The van der Waals surface area contributed by atoms with Crippen molar-refractivity contribution in [3.8, 4) is 16.9 Å². The van der Waals surface area contributed by atoms with Crippen LogP contribution in [-0.4, -0.2) is 5.11 Å². The summed E-state index contributed by atoms with van der Waals surface area (Å²) in [5, 5.41) is 9.59. The van der Waals surface area contributed by atoms with Crippen LogP contribution in [-0.2, 0) is 6.18 Å². The molecule has 0 fully saturated rings. The molecule has 0 saturated heterocycles. The molecule has 0 unspecified atom stereocenters. The molecular weight excluding hydrogens is 265 g/mol. The highest BCUT2D eigenvalue weighted by molar-refractivity contribution is 6.32. The number of phenols is 1. The maximum atomic E-state index is 12.6. The van der Waals surface area contributed by atoms with E-state index in [4.69, 9.17) is 11.6 Å². The van der Waals surface area contributed by atoms with Crippen molar-refractivity contribution >= 4 is 11.6 Å². The molecule has 0 heterocycles. The fourth-order valence-electron chi connectivity index (χ4n) is 1.57. The Kier molecular flexibility index (Phi) is 3.22. The number of alkyl halides is 3. The lowest BCUT2D eigenvalue weighted by atomic mass is 10.0. The van der Waals surface area contributed by atoms with Crippen LogP contribution in [0.25, 0.3) is 11.1 Å². The van der Waals surface area contributed by atoms with Crippen LogP contribution in [0.2, 0.25) is 5.02 Å². The third-order valence-electron chi connectivity index (χ3n) is 2.47. The second-order valence-corrected chi connectivity index (χ2v) is 4.15. The van der Waals surface area contributed by atoms with E-state index in [1.165, 1.54) is 24.3 Å². The van der Waals surface area contributed by atoms with Crippen molar-refractivity contribution in [2.75, 3.05) is 0 Å². The fourth-order valence-corrected chi connectivity index (χ4v) is 1.68. The van der Waals surface area contributed by atoms with E-state index < -0.39 is 11.7 Å². The van der Waals surface area contributed by atoms with E-state index in [0.29, 0.717) is 11.1 Å². The first-order valence-corrected chi connectivity index (χ1v) is 5.42. The average Bonchev–Trinajstić information content (AvgIpc) is 2.32. The Bertz CT molecular complexity index is 579. The molecule has 0 spiro atoms. The number of rotatable bonds is 1. The Balaban J connectivity index is 2.48. The number of halogens is 4. The molecule has 0 radical (unpaired) electrons. The molecule has 0 aliphatic carbocycles. The van der Waals surface area contributed by atoms with Gasteiger partial charge in [-0.15, -0.1) is 0 Å². The van der Waals surface area contributed by atoms with Gasteiger partial charge in [0.15, 0.2) is 0 Å². The van der Waals surface area contributed by atoms with Crippen molar-refractivity contribution < 1.29 is 18.3 Å². The molecule has 0 aliphatic rings. The highest BCUT2D eigenvalue weighted by atomic mass is 35.5. The van der Waals surface area contributed by atoms with Crippen LogP contribution in [0, 0.1) is 0 Å². The molecule has 1 N–H and O–H groups in total. The van der Waals surface area contributed by atoms with Gasteiger partial charge in [-0.25, -0.2) is 0 Å². The molecule has 0 bridgehead atoms. The van der Waals surface area contributed by atoms with Crippen molar-refractivity contribution in [2.45, 2.75) is 6.18 Å². The summed E-state index contributed by atoms with van der Waals surface area (Å²) in [7, 11) is 0. The summed E-state index contributed by atoms with van der Waals surface area (Å²) in [4.78, 5) is 0. The SMILES string of the molecule is Oc1cc(-c2cccc(C(F)(F)F)c2)ccc1Cl. The minimum absolute atomic E-state index is 0.158. The van der Waals surface area contributed by atoms with E-state index in [1.807, 2.05) is 0 Å². The Morgan fingerprint density at radius 3 is 2.22 bits per heavy atom. The third-order valence-corrected chi connectivity index (χ3v) is 2.79. The van der Waals surface area contributed by atoms with Gasteiger partial charge in [-0.3, -0.25) is 0 Å². The van der Waals surface area contributed by atoms with Crippen LogP contribution in [0.3, 0.4) is 0 Å². The van der Waals surface area contributed by atoms with Gasteiger partial charge in [0.05, 0.1) is 10.6 Å². The zero-order chi connectivity index (χ0) is 13.3. The Morgan fingerprint density at radius 2 is 1.61 bits per heavy atom. The number of benzene rings is 2. The van der Waals surface area contributed by atoms with Crippen LogP contribution in [0.15, 0.2) is 42.5 Å². The zero-order valence-corrected chi connectivity index (χ0v) is 9.76. The molecule has 2 rings (SSSR count). The van der Waals surface area contributed by atoms with E-state index in [1.54, 1.807) is 6.07 Å². The fraction of sp³-hybridized carbons (Fsp3) is 0.0769. The zero-order valence-electron chi connectivity index (χ0n) is 9.00. The molecule has 0 amide bonds.